The Morgan fingerprint density at radius 3 is 0.628 bits per heavy atom. The smallest absolute Gasteiger partial charge is 0.309 e. The van der Waals surface area contributed by atoms with Crippen molar-refractivity contribution in [1.82, 2.24) is 9.13 Å². The van der Waals surface area contributed by atoms with Crippen molar-refractivity contribution in [3.05, 3.63) is 240 Å². The zero-order valence-electron chi connectivity index (χ0n) is 43.3. The fourth-order valence-corrected chi connectivity index (χ4v) is 11.5. The van der Waals surface area contributed by atoms with Gasteiger partial charge >= 0.3 is 37.1 Å². The average Bonchev–Trinajstić information content (AvgIpc) is 1.62. The van der Waals surface area contributed by atoms with Gasteiger partial charge in [-0.2, -0.15) is 79.0 Å². The fourth-order valence-electron chi connectivity index (χ4n) is 11.5. The summed E-state index contributed by atoms with van der Waals surface area (Å²) in [5, 5.41) is 0.849. The van der Waals surface area contributed by atoms with Crippen molar-refractivity contribution in [1.29, 1.82) is 0 Å². The zero-order valence-corrected chi connectivity index (χ0v) is 43.3. The van der Waals surface area contributed by atoms with Crippen LogP contribution in [0.2, 0.25) is 0 Å². The molecule has 20 heteroatoms. The van der Waals surface area contributed by atoms with Crippen LogP contribution >= 0.6 is 0 Å². The van der Waals surface area contributed by atoms with E-state index in [0.717, 1.165) is 97.1 Å². The second kappa shape index (κ2) is 20.1. The van der Waals surface area contributed by atoms with Gasteiger partial charge in [-0.25, -0.2) is 0 Å². The van der Waals surface area contributed by atoms with E-state index in [9.17, 15) is 52.7 Å². The minimum atomic E-state index is -5.45. The number of nitrogens with zero attached hydrogens (tertiary/aromatic N) is 2. The first-order chi connectivity index (χ1) is 40.5. The van der Waals surface area contributed by atoms with Gasteiger partial charge in [-0.3, -0.25) is 0 Å². The molecule has 0 saturated heterocycles. The molecule has 0 spiro atoms. The summed E-state index contributed by atoms with van der Waals surface area (Å²) in [4.78, 5) is 0. The number of aromatic nitrogens is 2. The third-order valence-corrected chi connectivity index (χ3v) is 15.1. The van der Waals surface area contributed by atoms with Gasteiger partial charge in [-0.05, 0) is 141 Å². The van der Waals surface area contributed by atoms with Gasteiger partial charge in [0, 0.05) is 32.9 Å². The number of hydrogen-bond acceptors (Lipinski definition) is 0. The Hall–Kier alpha value is -9.46. The number of alkyl halides is 18. The van der Waals surface area contributed by atoms with Crippen molar-refractivity contribution < 1.29 is 79.0 Å². The second-order valence-electron chi connectivity index (χ2n) is 20.2. The quantitative estimate of drug-likeness (QED) is 0.141. The maximum Gasteiger partial charge on any atom is 0.417 e. The van der Waals surface area contributed by atoms with Crippen LogP contribution < -0.4 is 0 Å². The number of benzene rings is 10. The van der Waals surface area contributed by atoms with Crippen LogP contribution in [0, 0.1) is 0 Å². The highest BCUT2D eigenvalue weighted by Crippen LogP contribution is 2.49. The molecule has 0 amide bonds. The monoisotopic (exact) mass is 1200 g/mol. The first kappa shape index (κ1) is 57.0. The van der Waals surface area contributed by atoms with Crippen molar-refractivity contribution in [2.45, 2.75) is 37.1 Å². The molecule has 0 saturated carbocycles. The van der Waals surface area contributed by atoms with E-state index in [-0.39, 0.29) is 99.5 Å². The van der Waals surface area contributed by atoms with Crippen LogP contribution in [0.15, 0.2) is 206 Å². The molecule has 434 valence electrons. The highest BCUT2D eigenvalue weighted by Gasteiger charge is 2.41. The lowest BCUT2D eigenvalue weighted by Crippen LogP contribution is -2.12. The third kappa shape index (κ3) is 10.0. The predicted molar refractivity (Wildman–Crippen MR) is 292 cm³/mol. The van der Waals surface area contributed by atoms with Gasteiger partial charge in [0.25, 0.3) is 0 Å². The summed E-state index contributed by atoms with van der Waals surface area (Å²) in [6.45, 7) is 0. The van der Waals surface area contributed by atoms with Crippen LogP contribution in [-0.2, 0) is 37.1 Å². The topological polar surface area (TPSA) is 9.86 Å². The third-order valence-electron chi connectivity index (χ3n) is 15.1. The van der Waals surface area contributed by atoms with E-state index in [2.05, 4.69) is 0 Å². The molecule has 0 aliphatic rings. The minimum absolute atomic E-state index is 0.0395. The molecule has 2 nitrogen and oxygen atoms in total. The van der Waals surface area contributed by atoms with Gasteiger partial charge in [-0.15, -0.1) is 0 Å². The van der Waals surface area contributed by atoms with Crippen molar-refractivity contribution in [3.8, 4) is 67.0 Å². The second-order valence-corrected chi connectivity index (χ2v) is 20.2. The molecular weight excluding hydrogens is 1160 g/mol. The SMILES string of the molecule is FC(F)(F)c1ccccc1-c1ccc2c3ccc(-c4ccccc4C(F)(F)F)cc3n(-c3ccc(C(F)(F)F)c(-c4cc(-n5c6cc(-c7ccccc7C(F)(F)F)ccc6c6ccc(-c7ccccc7C(F)(F)F)cc65)ccc4C(F)(F)F)c3)c2c1. The Balaban J connectivity index is 1.16. The van der Waals surface area contributed by atoms with Crippen LogP contribution in [0.4, 0.5) is 79.0 Å². The van der Waals surface area contributed by atoms with Crippen LogP contribution in [0.3, 0.4) is 0 Å². The molecule has 0 radical (unpaired) electrons. The minimum Gasteiger partial charge on any atom is -0.309 e. The molecule has 10 aromatic carbocycles. The Morgan fingerprint density at radius 2 is 0.407 bits per heavy atom. The lowest BCUT2D eigenvalue weighted by atomic mass is 9.93. The average molecular weight is 1200 g/mol. The lowest BCUT2D eigenvalue weighted by Gasteiger charge is -2.21. The van der Waals surface area contributed by atoms with Crippen molar-refractivity contribution >= 4 is 43.6 Å². The first-order valence-corrected chi connectivity index (χ1v) is 25.7. The molecule has 0 N–H and O–H groups in total. The molecule has 0 fully saturated rings. The Kier molecular flexibility index (Phi) is 13.3. The van der Waals surface area contributed by atoms with E-state index in [0.29, 0.717) is 12.1 Å². The molecule has 2 aromatic heterocycles. The summed E-state index contributed by atoms with van der Waals surface area (Å²) in [5.41, 5.74) is -12.5. The molecule has 0 aliphatic heterocycles. The number of fused-ring (bicyclic) bond motifs is 6. The maximum atomic E-state index is 15.7. The van der Waals surface area contributed by atoms with Gasteiger partial charge < -0.3 is 9.13 Å². The fraction of sp³-hybridized carbons (Fsp3) is 0.0909. The van der Waals surface area contributed by atoms with E-state index in [1.807, 2.05) is 0 Å². The Morgan fingerprint density at radius 1 is 0.198 bits per heavy atom. The van der Waals surface area contributed by atoms with E-state index in [4.69, 9.17) is 0 Å². The first-order valence-electron chi connectivity index (χ1n) is 25.7. The summed E-state index contributed by atoms with van der Waals surface area (Å²) >= 11 is 0. The summed E-state index contributed by atoms with van der Waals surface area (Å²) in [5.74, 6) is 0. The van der Waals surface area contributed by atoms with E-state index < -0.39 is 81.6 Å². The number of halogens is 18. The standard InChI is InChI=1S/C66H34F18N2/c67-61(68,69)51-13-5-1-9-41(51)35-17-23-45-46-24-18-36(42-10-2-6-14-52(42)62(70,71)72)30-58(46)85(57(45)29-35)39-21-27-55(65(79,80)81)49(33-39)50-34-40(22-28-56(50)66(82,83)84)86-59-31-37(43-11-3-7-15-53(43)63(73,74)75)19-25-47(59)48-26-20-38(32-60(48)86)44-12-4-8-16-54(44)64(76,77)78/h1-34H. The molecule has 0 atom stereocenters. The molecule has 86 heavy (non-hydrogen) atoms. The zero-order chi connectivity index (χ0) is 61.2. The van der Waals surface area contributed by atoms with Gasteiger partial charge in [0.15, 0.2) is 0 Å². The lowest BCUT2D eigenvalue weighted by molar-refractivity contribution is -0.139. The highest BCUT2D eigenvalue weighted by molar-refractivity contribution is 6.13. The van der Waals surface area contributed by atoms with Crippen molar-refractivity contribution in [3.63, 3.8) is 0 Å². The van der Waals surface area contributed by atoms with E-state index in [1.165, 1.54) is 106 Å². The van der Waals surface area contributed by atoms with Gasteiger partial charge in [-0.1, -0.05) is 121 Å². The van der Waals surface area contributed by atoms with E-state index in [1.54, 1.807) is 0 Å². The Labute approximate surface area is 474 Å². The summed E-state index contributed by atoms with van der Waals surface area (Å²) in [6.07, 6.45) is -30.5. The largest absolute Gasteiger partial charge is 0.417 e. The van der Waals surface area contributed by atoms with Crippen LogP contribution in [0.1, 0.15) is 33.4 Å². The van der Waals surface area contributed by atoms with Crippen LogP contribution in [0.25, 0.3) is 111 Å². The molecule has 12 aromatic rings. The normalized spacial score (nSPS) is 13.0. The molecule has 2 heterocycles. The van der Waals surface area contributed by atoms with Crippen molar-refractivity contribution in [2.75, 3.05) is 0 Å². The molecular formula is C66H34F18N2. The Bertz CT molecular complexity index is 4150. The number of hydrogen-bond donors (Lipinski definition) is 0. The predicted octanol–water partition coefficient (Wildman–Crippen LogP) is 22.3. The molecule has 0 unspecified atom stereocenters. The van der Waals surface area contributed by atoms with Gasteiger partial charge in [0.2, 0.25) is 0 Å². The van der Waals surface area contributed by atoms with Crippen LogP contribution in [-0.4, -0.2) is 9.13 Å². The number of rotatable bonds is 7. The molecule has 0 aliphatic carbocycles. The highest BCUT2D eigenvalue weighted by atomic mass is 19.4. The summed E-state index contributed by atoms with van der Waals surface area (Å²) < 4.78 is 271. The summed E-state index contributed by atoms with van der Waals surface area (Å²) in [6, 6.07) is 37.8. The van der Waals surface area contributed by atoms with E-state index >= 15 is 26.3 Å². The molecule has 12 rings (SSSR count). The summed E-state index contributed by atoms with van der Waals surface area (Å²) in [7, 11) is 0. The van der Waals surface area contributed by atoms with Gasteiger partial charge in [0.05, 0.1) is 55.4 Å². The van der Waals surface area contributed by atoms with Crippen molar-refractivity contribution in [2.24, 2.45) is 0 Å². The molecule has 0 bridgehead atoms. The maximum absolute atomic E-state index is 15.7. The van der Waals surface area contributed by atoms with Gasteiger partial charge in [0.1, 0.15) is 0 Å². The van der Waals surface area contributed by atoms with Crippen LogP contribution in [0.5, 0.6) is 0 Å².